The number of carbonyl (C=O) groups is 1. The van der Waals surface area contributed by atoms with Crippen molar-refractivity contribution in [1.29, 1.82) is 0 Å². The molecule has 0 saturated carbocycles. The number of amides is 1. The molecule has 0 bridgehead atoms. The molecule has 1 aliphatic heterocycles. The Morgan fingerprint density at radius 2 is 1.86 bits per heavy atom. The molecule has 1 unspecified atom stereocenters. The predicted molar refractivity (Wildman–Crippen MR) is 117 cm³/mol. The Labute approximate surface area is 173 Å². The molecular weight excluding hydrogens is 386 g/mol. The van der Waals surface area contributed by atoms with E-state index in [-0.39, 0.29) is 16.8 Å². The fraction of sp³-hybridized carbons (Fsp3) is 0.409. The minimum Gasteiger partial charge on any atom is -0.371 e. The van der Waals surface area contributed by atoms with Gasteiger partial charge >= 0.3 is 0 Å². The number of rotatable bonds is 6. The van der Waals surface area contributed by atoms with Crippen molar-refractivity contribution in [1.82, 2.24) is 4.31 Å². The third-order valence-corrected chi connectivity index (χ3v) is 7.44. The maximum absolute atomic E-state index is 12.7. The van der Waals surface area contributed by atoms with Crippen LogP contribution in [0.3, 0.4) is 0 Å². The first-order valence-electron chi connectivity index (χ1n) is 9.93. The highest BCUT2D eigenvalue weighted by molar-refractivity contribution is 7.89. The lowest BCUT2D eigenvalue weighted by Crippen LogP contribution is -2.33. The van der Waals surface area contributed by atoms with E-state index in [2.05, 4.69) is 17.1 Å². The van der Waals surface area contributed by atoms with Crippen LogP contribution >= 0.6 is 0 Å². The van der Waals surface area contributed by atoms with Gasteiger partial charge in [-0.3, -0.25) is 4.79 Å². The largest absolute Gasteiger partial charge is 0.371 e. The van der Waals surface area contributed by atoms with Crippen molar-refractivity contribution < 1.29 is 13.2 Å². The van der Waals surface area contributed by atoms with Crippen LogP contribution in [0, 0.1) is 5.92 Å². The van der Waals surface area contributed by atoms with Gasteiger partial charge in [-0.2, -0.15) is 4.31 Å². The molecule has 1 aliphatic rings. The number of carbonyl (C=O) groups excluding carboxylic acids is 1. The van der Waals surface area contributed by atoms with Crippen molar-refractivity contribution in [3.8, 4) is 0 Å². The van der Waals surface area contributed by atoms with E-state index in [0.29, 0.717) is 17.2 Å². The molecule has 2 aromatic rings. The van der Waals surface area contributed by atoms with Gasteiger partial charge in [-0.25, -0.2) is 8.42 Å². The molecule has 1 amide bonds. The standard InChI is InChI=1S/C22H29N3O3S/c1-16(2)24(4)29(27,28)21-7-5-6-18(14-21)22(26)23-19-8-10-20(11-9-19)25-13-12-17(3)15-25/h5-11,14,16-17H,12-13,15H2,1-4H3,(H,23,26). The Hall–Kier alpha value is -2.38. The highest BCUT2D eigenvalue weighted by Crippen LogP contribution is 2.25. The van der Waals surface area contributed by atoms with E-state index in [4.69, 9.17) is 0 Å². The average Bonchev–Trinajstić information content (AvgIpc) is 3.14. The van der Waals surface area contributed by atoms with E-state index >= 15 is 0 Å². The van der Waals surface area contributed by atoms with Crippen molar-refractivity contribution in [2.45, 2.75) is 38.1 Å². The first-order chi connectivity index (χ1) is 13.7. The first kappa shape index (κ1) is 21.3. The summed E-state index contributed by atoms with van der Waals surface area (Å²) < 4.78 is 26.7. The van der Waals surface area contributed by atoms with Crippen molar-refractivity contribution >= 4 is 27.3 Å². The summed E-state index contributed by atoms with van der Waals surface area (Å²) in [6.45, 7) is 7.97. The van der Waals surface area contributed by atoms with Gasteiger partial charge < -0.3 is 10.2 Å². The number of nitrogens with one attached hydrogen (secondary N) is 1. The van der Waals surface area contributed by atoms with E-state index in [1.54, 1.807) is 26.0 Å². The normalized spacial score (nSPS) is 17.2. The summed E-state index contributed by atoms with van der Waals surface area (Å²) in [6.07, 6.45) is 1.20. The van der Waals surface area contributed by atoms with Crippen molar-refractivity contribution in [2.75, 3.05) is 30.4 Å². The Morgan fingerprint density at radius 3 is 2.45 bits per heavy atom. The van der Waals surface area contributed by atoms with E-state index < -0.39 is 10.0 Å². The first-order valence-corrected chi connectivity index (χ1v) is 11.4. The van der Waals surface area contributed by atoms with Crippen LogP contribution in [-0.2, 0) is 10.0 Å². The Morgan fingerprint density at radius 1 is 1.17 bits per heavy atom. The minimum atomic E-state index is -3.64. The second-order valence-electron chi connectivity index (χ2n) is 7.98. The van der Waals surface area contributed by atoms with Crippen LogP contribution < -0.4 is 10.2 Å². The average molecular weight is 416 g/mol. The maximum atomic E-state index is 12.7. The summed E-state index contributed by atoms with van der Waals surface area (Å²) in [5, 5.41) is 2.85. The summed E-state index contributed by atoms with van der Waals surface area (Å²) in [6, 6.07) is 13.7. The Bertz CT molecular complexity index is 971. The maximum Gasteiger partial charge on any atom is 0.255 e. The lowest BCUT2D eigenvalue weighted by molar-refractivity contribution is 0.102. The van der Waals surface area contributed by atoms with Gasteiger partial charge in [0.2, 0.25) is 10.0 Å². The number of nitrogens with zero attached hydrogens (tertiary/aromatic N) is 2. The summed E-state index contributed by atoms with van der Waals surface area (Å²) in [5.41, 5.74) is 2.14. The molecule has 156 valence electrons. The molecule has 6 nitrogen and oxygen atoms in total. The van der Waals surface area contributed by atoms with E-state index in [9.17, 15) is 13.2 Å². The van der Waals surface area contributed by atoms with Crippen LogP contribution in [0.1, 0.15) is 37.6 Å². The van der Waals surface area contributed by atoms with Crippen LogP contribution in [0.15, 0.2) is 53.4 Å². The van der Waals surface area contributed by atoms with Gasteiger partial charge in [0.15, 0.2) is 0 Å². The second-order valence-corrected chi connectivity index (χ2v) is 9.98. The molecule has 0 radical (unpaired) electrons. The second kappa shape index (κ2) is 8.55. The molecule has 1 atom stereocenters. The third-order valence-electron chi connectivity index (χ3n) is 5.41. The number of sulfonamides is 1. The number of hydrogen-bond acceptors (Lipinski definition) is 4. The smallest absolute Gasteiger partial charge is 0.255 e. The molecule has 1 saturated heterocycles. The molecule has 0 aromatic heterocycles. The molecule has 0 spiro atoms. The van der Waals surface area contributed by atoms with Gasteiger partial charge in [0.05, 0.1) is 4.90 Å². The summed E-state index contributed by atoms with van der Waals surface area (Å²) in [5.74, 6) is 0.365. The molecule has 7 heteroatoms. The molecular formula is C22H29N3O3S. The van der Waals surface area contributed by atoms with Gasteiger partial charge in [0, 0.05) is 43.1 Å². The monoisotopic (exact) mass is 415 g/mol. The van der Waals surface area contributed by atoms with Crippen LogP contribution in [0.4, 0.5) is 11.4 Å². The zero-order valence-electron chi connectivity index (χ0n) is 17.4. The molecule has 1 heterocycles. The Kier molecular flexibility index (Phi) is 6.29. The highest BCUT2D eigenvalue weighted by Gasteiger charge is 2.24. The molecule has 0 aliphatic carbocycles. The lowest BCUT2D eigenvalue weighted by atomic mass is 10.2. The minimum absolute atomic E-state index is 0.111. The van der Waals surface area contributed by atoms with Gasteiger partial charge in [-0.05, 0) is 68.7 Å². The molecule has 3 rings (SSSR count). The molecule has 1 N–H and O–H groups in total. The van der Waals surface area contributed by atoms with E-state index in [1.807, 2.05) is 24.3 Å². The SMILES string of the molecule is CC1CCN(c2ccc(NC(=O)c3cccc(S(=O)(=O)N(C)C(C)C)c3)cc2)C1. The van der Waals surface area contributed by atoms with Crippen molar-refractivity contribution in [2.24, 2.45) is 5.92 Å². The zero-order valence-corrected chi connectivity index (χ0v) is 18.2. The fourth-order valence-electron chi connectivity index (χ4n) is 3.37. The van der Waals surface area contributed by atoms with Crippen LogP contribution in [0.5, 0.6) is 0 Å². The van der Waals surface area contributed by atoms with Crippen molar-refractivity contribution in [3.63, 3.8) is 0 Å². The number of hydrogen-bond donors (Lipinski definition) is 1. The topological polar surface area (TPSA) is 69.7 Å². The van der Waals surface area contributed by atoms with Gasteiger partial charge in [-0.1, -0.05) is 13.0 Å². The van der Waals surface area contributed by atoms with Gasteiger partial charge in [0.25, 0.3) is 5.91 Å². The number of anilines is 2. The Balaban J connectivity index is 1.73. The fourth-order valence-corrected chi connectivity index (χ4v) is 4.78. The lowest BCUT2D eigenvalue weighted by Gasteiger charge is -2.21. The van der Waals surface area contributed by atoms with E-state index in [0.717, 1.165) is 18.8 Å². The van der Waals surface area contributed by atoms with Gasteiger partial charge in [0.1, 0.15) is 0 Å². The van der Waals surface area contributed by atoms with Crippen LogP contribution in [-0.4, -0.2) is 44.8 Å². The summed E-state index contributed by atoms with van der Waals surface area (Å²) in [4.78, 5) is 15.1. The number of benzene rings is 2. The van der Waals surface area contributed by atoms with Crippen molar-refractivity contribution in [3.05, 3.63) is 54.1 Å². The predicted octanol–water partition coefficient (Wildman–Crippen LogP) is 3.81. The zero-order chi connectivity index (χ0) is 21.2. The highest BCUT2D eigenvalue weighted by atomic mass is 32.2. The van der Waals surface area contributed by atoms with Gasteiger partial charge in [-0.15, -0.1) is 0 Å². The summed E-state index contributed by atoms with van der Waals surface area (Å²) in [7, 11) is -2.10. The summed E-state index contributed by atoms with van der Waals surface area (Å²) >= 11 is 0. The molecule has 1 fully saturated rings. The molecule has 2 aromatic carbocycles. The quantitative estimate of drug-likeness (QED) is 0.779. The third kappa shape index (κ3) is 4.79. The van der Waals surface area contributed by atoms with Crippen LogP contribution in [0.25, 0.3) is 0 Å². The molecule has 29 heavy (non-hydrogen) atoms. The van der Waals surface area contributed by atoms with Crippen LogP contribution in [0.2, 0.25) is 0 Å². The van der Waals surface area contributed by atoms with E-state index in [1.165, 1.54) is 29.9 Å².